The highest BCUT2D eigenvalue weighted by atomic mass is 32.2. The second-order valence-electron chi connectivity index (χ2n) is 5.33. The van der Waals surface area contributed by atoms with Gasteiger partial charge in [-0.1, -0.05) is 0 Å². The Morgan fingerprint density at radius 2 is 1.83 bits per heavy atom. The number of aromatic nitrogens is 1. The molecule has 120 valence electrons. The summed E-state index contributed by atoms with van der Waals surface area (Å²) < 4.78 is 25.2. The molecule has 2 aromatic rings. The number of anilines is 1. The van der Waals surface area contributed by atoms with Gasteiger partial charge in [-0.25, -0.2) is 8.42 Å². The SMILES string of the molecule is O=C(NCc1ccncc1)c1ccc(N2CCCS2(=O)=O)cc1. The molecular weight excluding hydrogens is 314 g/mol. The highest BCUT2D eigenvalue weighted by molar-refractivity contribution is 7.93. The van der Waals surface area contributed by atoms with E-state index in [9.17, 15) is 13.2 Å². The number of carbonyl (C=O) groups is 1. The van der Waals surface area contributed by atoms with E-state index in [1.165, 1.54) is 4.31 Å². The molecule has 0 bridgehead atoms. The Bertz CT molecular complexity index is 789. The van der Waals surface area contributed by atoms with Crippen molar-refractivity contribution in [1.82, 2.24) is 10.3 Å². The summed E-state index contributed by atoms with van der Waals surface area (Å²) in [6.45, 7) is 0.916. The summed E-state index contributed by atoms with van der Waals surface area (Å²) in [6.07, 6.45) is 3.98. The van der Waals surface area contributed by atoms with Gasteiger partial charge in [0, 0.05) is 31.0 Å². The van der Waals surface area contributed by atoms with E-state index in [2.05, 4.69) is 10.3 Å². The first kappa shape index (κ1) is 15.5. The van der Waals surface area contributed by atoms with E-state index in [1.54, 1.807) is 36.7 Å². The van der Waals surface area contributed by atoms with Crippen LogP contribution in [0.25, 0.3) is 0 Å². The molecule has 7 heteroatoms. The Balaban J connectivity index is 1.66. The fourth-order valence-electron chi connectivity index (χ4n) is 2.49. The molecule has 2 heterocycles. The smallest absolute Gasteiger partial charge is 0.251 e. The van der Waals surface area contributed by atoms with Crippen LogP contribution in [0, 0.1) is 0 Å². The molecule has 1 aromatic carbocycles. The molecule has 3 rings (SSSR count). The maximum absolute atomic E-state index is 12.1. The van der Waals surface area contributed by atoms with Crippen molar-refractivity contribution in [1.29, 1.82) is 0 Å². The summed E-state index contributed by atoms with van der Waals surface area (Å²) in [7, 11) is -3.19. The van der Waals surface area contributed by atoms with E-state index in [-0.39, 0.29) is 11.7 Å². The van der Waals surface area contributed by atoms with Crippen LogP contribution >= 0.6 is 0 Å². The summed E-state index contributed by atoms with van der Waals surface area (Å²) in [5.41, 5.74) is 2.07. The molecule has 1 saturated heterocycles. The summed E-state index contributed by atoms with van der Waals surface area (Å²) in [5, 5.41) is 2.82. The van der Waals surface area contributed by atoms with E-state index in [0.717, 1.165) is 5.56 Å². The van der Waals surface area contributed by atoms with E-state index in [1.807, 2.05) is 12.1 Å². The molecule has 1 fully saturated rings. The average Bonchev–Trinajstić information content (AvgIpc) is 2.93. The van der Waals surface area contributed by atoms with Crippen LogP contribution in [-0.4, -0.2) is 31.6 Å². The number of amides is 1. The van der Waals surface area contributed by atoms with Crippen LogP contribution in [0.5, 0.6) is 0 Å². The lowest BCUT2D eigenvalue weighted by molar-refractivity contribution is 0.0951. The molecule has 0 unspecified atom stereocenters. The van der Waals surface area contributed by atoms with Crippen LogP contribution in [0.3, 0.4) is 0 Å². The average molecular weight is 331 g/mol. The predicted molar refractivity (Wildman–Crippen MR) is 87.6 cm³/mol. The van der Waals surface area contributed by atoms with Crippen molar-refractivity contribution >= 4 is 21.6 Å². The number of benzene rings is 1. The van der Waals surface area contributed by atoms with Gasteiger partial charge in [-0.05, 0) is 48.4 Å². The number of sulfonamides is 1. The normalized spacial score (nSPS) is 16.3. The van der Waals surface area contributed by atoms with Crippen LogP contribution < -0.4 is 9.62 Å². The number of hydrogen-bond donors (Lipinski definition) is 1. The molecule has 6 nitrogen and oxygen atoms in total. The molecule has 0 atom stereocenters. The first-order chi connectivity index (χ1) is 11.1. The third kappa shape index (κ3) is 3.50. The van der Waals surface area contributed by atoms with Crippen molar-refractivity contribution in [3.63, 3.8) is 0 Å². The zero-order valence-electron chi connectivity index (χ0n) is 12.5. The van der Waals surface area contributed by atoms with Crippen LogP contribution in [0.4, 0.5) is 5.69 Å². The summed E-state index contributed by atoms with van der Waals surface area (Å²) in [6, 6.07) is 10.3. The predicted octanol–water partition coefficient (Wildman–Crippen LogP) is 1.55. The van der Waals surface area contributed by atoms with Crippen LogP contribution in [-0.2, 0) is 16.6 Å². The lowest BCUT2D eigenvalue weighted by Crippen LogP contribution is -2.25. The Kier molecular flexibility index (Phi) is 4.29. The third-order valence-corrected chi connectivity index (χ3v) is 5.59. The van der Waals surface area contributed by atoms with Gasteiger partial charge in [0.1, 0.15) is 0 Å². The molecular formula is C16H17N3O3S. The van der Waals surface area contributed by atoms with E-state index in [4.69, 9.17) is 0 Å². The highest BCUT2D eigenvalue weighted by Crippen LogP contribution is 2.24. The highest BCUT2D eigenvalue weighted by Gasteiger charge is 2.28. The molecule has 0 spiro atoms. The lowest BCUT2D eigenvalue weighted by Gasteiger charge is -2.17. The molecule has 1 amide bonds. The molecule has 23 heavy (non-hydrogen) atoms. The first-order valence-electron chi connectivity index (χ1n) is 7.34. The summed E-state index contributed by atoms with van der Waals surface area (Å²) >= 11 is 0. The van der Waals surface area contributed by atoms with Gasteiger partial charge in [-0.2, -0.15) is 0 Å². The van der Waals surface area contributed by atoms with Crippen LogP contribution in [0.1, 0.15) is 22.3 Å². The molecule has 0 radical (unpaired) electrons. The van der Waals surface area contributed by atoms with Gasteiger partial charge in [0.2, 0.25) is 10.0 Å². The standard InChI is InChI=1S/C16H17N3O3S/c20-16(18-12-13-6-8-17-9-7-13)14-2-4-15(5-3-14)19-10-1-11-23(19,21)22/h2-9H,1,10-12H2,(H,18,20). The molecule has 1 N–H and O–H groups in total. The monoisotopic (exact) mass is 331 g/mol. The van der Waals surface area contributed by atoms with Crippen molar-refractivity contribution in [2.45, 2.75) is 13.0 Å². The van der Waals surface area contributed by atoms with Crippen molar-refractivity contribution in [3.05, 3.63) is 59.9 Å². The van der Waals surface area contributed by atoms with Crippen molar-refractivity contribution in [3.8, 4) is 0 Å². The van der Waals surface area contributed by atoms with Crippen LogP contribution in [0.2, 0.25) is 0 Å². The van der Waals surface area contributed by atoms with Gasteiger partial charge >= 0.3 is 0 Å². The zero-order chi connectivity index (χ0) is 16.3. The number of carbonyl (C=O) groups excluding carboxylic acids is 1. The fraction of sp³-hybridized carbons (Fsp3) is 0.250. The zero-order valence-corrected chi connectivity index (χ0v) is 13.3. The Labute approximate surface area is 135 Å². The largest absolute Gasteiger partial charge is 0.348 e. The van der Waals surface area contributed by atoms with E-state index in [0.29, 0.717) is 30.8 Å². The topological polar surface area (TPSA) is 79.4 Å². The second kappa shape index (κ2) is 6.37. The molecule has 1 aliphatic rings. The van der Waals surface area contributed by atoms with Gasteiger partial charge in [-0.3, -0.25) is 14.1 Å². The van der Waals surface area contributed by atoms with Gasteiger partial charge in [0.15, 0.2) is 0 Å². The van der Waals surface area contributed by atoms with Crippen LogP contribution in [0.15, 0.2) is 48.8 Å². The van der Waals surface area contributed by atoms with Gasteiger partial charge in [0.25, 0.3) is 5.91 Å². The first-order valence-corrected chi connectivity index (χ1v) is 8.95. The Hall–Kier alpha value is -2.41. The number of nitrogens with zero attached hydrogens (tertiary/aromatic N) is 2. The van der Waals surface area contributed by atoms with Crippen molar-refractivity contribution in [2.24, 2.45) is 0 Å². The lowest BCUT2D eigenvalue weighted by atomic mass is 10.2. The van der Waals surface area contributed by atoms with E-state index >= 15 is 0 Å². The number of pyridine rings is 1. The van der Waals surface area contributed by atoms with E-state index < -0.39 is 10.0 Å². The van der Waals surface area contributed by atoms with Crippen molar-refractivity contribution < 1.29 is 13.2 Å². The summed E-state index contributed by atoms with van der Waals surface area (Å²) in [5.74, 6) is -0.0149. The number of nitrogens with one attached hydrogen (secondary N) is 1. The maximum Gasteiger partial charge on any atom is 0.251 e. The van der Waals surface area contributed by atoms with Crippen molar-refractivity contribution in [2.75, 3.05) is 16.6 Å². The molecule has 1 aliphatic heterocycles. The molecule has 0 saturated carbocycles. The quantitative estimate of drug-likeness (QED) is 0.922. The minimum Gasteiger partial charge on any atom is -0.348 e. The Morgan fingerprint density at radius 3 is 2.43 bits per heavy atom. The minimum atomic E-state index is -3.19. The summed E-state index contributed by atoms with van der Waals surface area (Å²) in [4.78, 5) is 16.0. The van der Waals surface area contributed by atoms with Gasteiger partial charge < -0.3 is 5.32 Å². The maximum atomic E-state index is 12.1. The number of hydrogen-bond acceptors (Lipinski definition) is 4. The fourth-order valence-corrected chi connectivity index (χ4v) is 4.06. The molecule has 1 aromatic heterocycles. The third-order valence-electron chi connectivity index (χ3n) is 3.72. The van der Waals surface area contributed by atoms with Gasteiger partial charge in [0.05, 0.1) is 11.4 Å². The van der Waals surface area contributed by atoms with Gasteiger partial charge in [-0.15, -0.1) is 0 Å². The second-order valence-corrected chi connectivity index (χ2v) is 7.34. The molecule has 0 aliphatic carbocycles. The number of rotatable bonds is 4. The minimum absolute atomic E-state index is 0.182. The Morgan fingerprint density at radius 1 is 1.13 bits per heavy atom.